The summed E-state index contributed by atoms with van der Waals surface area (Å²) in [4.78, 5) is 4.58. The Balaban J connectivity index is 1.64. The maximum Gasteiger partial charge on any atom is 0.223 e. The highest BCUT2D eigenvalue weighted by molar-refractivity contribution is 5.85. The third kappa shape index (κ3) is 3.31. The number of benzene rings is 2. The van der Waals surface area contributed by atoms with Gasteiger partial charge < -0.3 is 9.84 Å². The van der Waals surface area contributed by atoms with Gasteiger partial charge in [0.25, 0.3) is 0 Å². The van der Waals surface area contributed by atoms with Crippen LogP contribution in [0.2, 0.25) is 0 Å². The fourth-order valence-corrected chi connectivity index (χ4v) is 4.02. The normalized spacial score (nSPS) is 17.5. The standard InChI is InChI=1S/C21H25N3O/c1-16-23-20(24-25-16)21(13-6-2-3-7-14-21)22-15-18-11-8-10-17-9-4-5-12-19(17)18/h4-5,8-12,22H,2-3,6-7,13-15H2,1H3. The largest absolute Gasteiger partial charge is 0.340 e. The number of nitrogens with zero attached hydrogens (tertiary/aromatic N) is 2. The third-order valence-electron chi connectivity index (χ3n) is 5.41. The highest BCUT2D eigenvalue weighted by Gasteiger charge is 2.36. The molecule has 0 atom stereocenters. The number of nitrogens with one attached hydrogen (secondary N) is 1. The lowest BCUT2D eigenvalue weighted by molar-refractivity contribution is 0.258. The summed E-state index contributed by atoms with van der Waals surface area (Å²) in [5.74, 6) is 1.47. The maximum absolute atomic E-state index is 5.30. The van der Waals surface area contributed by atoms with Crippen LogP contribution in [0.1, 0.15) is 55.8 Å². The molecule has 0 bridgehead atoms. The summed E-state index contributed by atoms with van der Waals surface area (Å²) < 4.78 is 5.30. The van der Waals surface area contributed by atoms with Gasteiger partial charge in [0.1, 0.15) is 0 Å². The zero-order valence-electron chi connectivity index (χ0n) is 14.8. The van der Waals surface area contributed by atoms with Gasteiger partial charge in [-0.15, -0.1) is 0 Å². The van der Waals surface area contributed by atoms with Crippen LogP contribution in [0.5, 0.6) is 0 Å². The molecule has 2 aromatic carbocycles. The number of hydrogen-bond donors (Lipinski definition) is 1. The van der Waals surface area contributed by atoms with Gasteiger partial charge in [0.2, 0.25) is 5.89 Å². The van der Waals surface area contributed by atoms with E-state index in [1.807, 2.05) is 6.92 Å². The lowest BCUT2D eigenvalue weighted by atomic mass is 9.88. The van der Waals surface area contributed by atoms with Crippen LogP contribution < -0.4 is 5.32 Å². The molecule has 1 aliphatic rings. The zero-order valence-corrected chi connectivity index (χ0v) is 14.8. The molecular formula is C21H25N3O. The van der Waals surface area contributed by atoms with Crippen LogP contribution in [0.4, 0.5) is 0 Å². The van der Waals surface area contributed by atoms with Gasteiger partial charge in [0.15, 0.2) is 5.82 Å². The fourth-order valence-electron chi connectivity index (χ4n) is 4.02. The summed E-state index contributed by atoms with van der Waals surface area (Å²) in [6, 6.07) is 15.1. The molecule has 0 aliphatic heterocycles. The molecule has 1 aromatic heterocycles. The van der Waals surface area contributed by atoms with E-state index in [-0.39, 0.29) is 5.54 Å². The average molecular weight is 335 g/mol. The van der Waals surface area contributed by atoms with Crippen LogP contribution in [-0.4, -0.2) is 10.1 Å². The van der Waals surface area contributed by atoms with Crippen molar-refractivity contribution in [1.29, 1.82) is 0 Å². The van der Waals surface area contributed by atoms with Crippen molar-refractivity contribution in [1.82, 2.24) is 15.5 Å². The predicted octanol–water partition coefficient (Wildman–Crippen LogP) is 4.87. The van der Waals surface area contributed by atoms with Gasteiger partial charge in [0, 0.05) is 13.5 Å². The van der Waals surface area contributed by atoms with Gasteiger partial charge in [-0.3, -0.25) is 0 Å². The second-order valence-corrected chi connectivity index (χ2v) is 7.13. The van der Waals surface area contributed by atoms with Crippen LogP contribution in [0, 0.1) is 6.92 Å². The van der Waals surface area contributed by atoms with Crippen molar-refractivity contribution < 1.29 is 4.52 Å². The van der Waals surface area contributed by atoms with Crippen molar-refractivity contribution in [3.05, 3.63) is 59.7 Å². The number of aryl methyl sites for hydroxylation is 1. The molecule has 0 amide bonds. The highest BCUT2D eigenvalue weighted by Crippen LogP contribution is 2.35. The van der Waals surface area contributed by atoms with E-state index in [0.29, 0.717) is 5.89 Å². The Morgan fingerprint density at radius 3 is 2.52 bits per heavy atom. The smallest absolute Gasteiger partial charge is 0.223 e. The number of hydrogen-bond acceptors (Lipinski definition) is 4. The maximum atomic E-state index is 5.30. The first-order chi connectivity index (χ1) is 12.3. The summed E-state index contributed by atoms with van der Waals surface area (Å²) in [5.41, 5.74) is 1.15. The third-order valence-corrected chi connectivity index (χ3v) is 5.41. The Morgan fingerprint density at radius 2 is 1.76 bits per heavy atom. The van der Waals surface area contributed by atoms with Crippen LogP contribution in [-0.2, 0) is 12.1 Å². The van der Waals surface area contributed by atoms with Crippen LogP contribution in [0.3, 0.4) is 0 Å². The van der Waals surface area contributed by atoms with Crippen molar-refractivity contribution in [2.75, 3.05) is 0 Å². The molecule has 0 saturated heterocycles. The van der Waals surface area contributed by atoms with Crippen molar-refractivity contribution in [3.63, 3.8) is 0 Å². The van der Waals surface area contributed by atoms with Crippen molar-refractivity contribution in [2.45, 2.75) is 57.5 Å². The molecule has 4 rings (SSSR count). The molecule has 25 heavy (non-hydrogen) atoms. The fraction of sp³-hybridized carbons (Fsp3) is 0.429. The Hall–Kier alpha value is -2.20. The number of rotatable bonds is 4. The summed E-state index contributed by atoms with van der Waals surface area (Å²) in [7, 11) is 0. The van der Waals surface area contributed by atoms with E-state index in [1.165, 1.54) is 42.0 Å². The average Bonchev–Trinajstić information content (AvgIpc) is 2.95. The monoisotopic (exact) mass is 335 g/mol. The molecule has 4 heteroatoms. The van der Waals surface area contributed by atoms with E-state index in [2.05, 4.69) is 57.9 Å². The molecule has 4 nitrogen and oxygen atoms in total. The Labute approximate surface area is 148 Å². The quantitative estimate of drug-likeness (QED) is 0.691. The van der Waals surface area contributed by atoms with Crippen LogP contribution >= 0.6 is 0 Å². The lowest BCUT2D eigenvalue weighted by Crippen LogP contribution is -2.42. The summed E-state index contributed by atoms with van der Waals surface area (Å²) in [5, 5.41) is 10.7. The molecule has 1 aliphatic carbocycles. The van der Waals surface area contributed by atoms with Gasteiger partial charge in [-0.05, 0) is 29.2 Å². The molecule has 0 radical (unpaired) electrons. The first-order valence-electron chi connectivity index (χ1n) is 9.29. The van der Waals surface area contributed by atoms with E-state index in [0.717, 1.165) is 25.2 Å². The van der Waals surface area contributed by atoms with Crippen molar-refractivity contribution in [3.8, 4) is 0 Å². The molecule has 0 spiro atoms. The van der Waals surface area contributed by atoms with Gasteiger partial charge >= 0.3 is 0 Å². The van der Waals surface area contributed by atoms with E-state index >= 15 is 0 Å². The minimum atomic E-state index is -0.175. The zero-order chi connectivity index (χ0) is 17.1. The molecule has 1 heterocycles. The summed E-state index contributed by atoms with van der Waals surface area (Å²) in [6.45, 7) is 2.68. The minimum Gasteiger partial charge on any atom is -0.340 e. The summed E-state index contributed by atoms with van der Waals surface area (Å²) >= 11 is 0. The number of fused-ring (bicyclic) bond motifs is 1. The highest BCUT2D eigenvalue weighted by atomic mass is 16.5. The van der Waals surface area contributed by atoms with Gasteiger partial charge in [-0.25, -0.2) is 0 Å². The Morgan fingerprint density at radius 1 is 1.00 bits per heavy atom. The van der Waals surface area contributed by atoms with E-state index in [9.17, 15) is 0 Å². The topological polar surface area (TPSA) is 51.0 Å². The van der Waals surface area contributed by atoms with Gasteiger partial charge in [0.05, 0.1) is 5.54 Å². The first kappa shape index (κ1) is 16.3. The van der Waals surface area contributed by atoms with E-state index < -0.39 is 0 Å². The molecule has 130 valence electrons. The molecular weight excluding hydrogens is 310 g/mol. The van der Waals surface area contributed by atoms with Crippen molar-refractivity contribution in [2.24, 2.45) is 0 Å². The second kappa shape index (κ2) is 6.96. The van der Waals surface area contributed by atoms with Crippen molar-refractivity contribution >= 4 is 10.8 Å². The molecule has 3 aromatic rings. The lowest BCUT2D eigenvalue weighted by Gasteiger charge is -2.31. The van der Waals surface area contributed by atoms with Gasteiger partial charge in [-0.1, -0.05) is 73.3 Å². The minimum absolute atomic E-state index is 0.175. The Kier molecular flexibility index (Phi) is 4.53. The molecule has 1 N–H and O–H groups in total. The van der Waals surface area contributed by atoms with Gasteiger partial charge in [-0.2, -0.15) is 4.98 Å². The number of aromatic nitrogens is 2. The van der Waals surface area contributed by atoms with Crippen LogP contribution in [0.15, 0.2) is 47.0 Å². The van der Waals surface area contributed by atoms with E-state index in [1.54, 1.807) is 0 Å². The molecule has 1 saturated carbocycles. The SMILES string of the molecule is Cc1nc(C2(NCc3cccc4ccccc34)CCCCCC2)no1. The second-order valence-electron chi connectivity index (χ2n) is 7.13. The van der Waals surface area contributed by atoms with E-state index in [4.69, 9.17) is 4.52 Å². The Bertz CT molecular complexity index is 842. The summed E-state index contributed by atoms with van der Waals surface area (Å²) in [6.07, 6.45) is 7.11. The van der Waals surface area contributed by atoms with Crippen LogP contribution in [0.25, 0.3) is 10.8 Å². The molecule has 1 fully saturated rings. The predicted molar refractivity (Wildman–Crippen MR) is 99.2 cm³/mol. The molecule has 0 unspecified atom stereocenters. The first-order valence-corrected chi connectivity index (χ1v) is 9.29.